The monoisotopic (exact) mass is 360 g/mol. The van der Waals surface area contributed by atoms with Crippen LogP contribution in [0.3, 0.4) is 0 Å². The minimum atomic E-state index is -0.434. The largest absolute Gasteiger partial charge is 0.376 e. The Bertz CT molecular complexity index is 569. The van der Waals surface area contributed by atoms with Gasteiger partial charge in [-0.05, 0) is 43.7 Å². The van der Waals surface area contributed by atoms with E-state index in [1.54, 1.807) is 0 Å². The first kappa shape index (κ1) is 19.3. The van der Waals surface area contributed by atoms with Crippen LogP contribution in [0.5, 0.6) is 0 Å². The summed E-state index contributed by atoms with van der Waals surface area (Å²) in [6, 6.07) is 8.69. The van der Waals surface area contributed by atoms with Gasteiger partial charge in [-0.25, -0.2) is 0 Å². The van der Waals surface area contributed by atoms with Crippen LogP contribution in [0, 0.1) is 0 Å². The van der Waals surface area contributed by atoms with Crippen molar-refractivity contribution in [1.29, 1.82) is 0 Å². The Labute approximate surface area is 157 Å². The number of carbonyl (C=O) groups excluding carboxylic acids is 1. The Morgan fingerprint density at radius 3 is 2.85 bits per heavy atom. The van der Waals surface area contributed by atoms with E-state index in [4.69, 9.17) is 9.47 Å². The second-order valence-corrected chi connectivity index (χ2v) is 7.31. The number of amides is 1. The lowest BCUT2D eigenvalue weighted by Gasteiger charge is -2.38. The van der Waals surface area contributed by atoms with Crippen LogP contribution < -0.4 is 5.32 Å². The molecule has 3 unspecified atom stereocenters. The molecule has 0 saturated carbocycles. The number of nitrogens with zero attached hydrogens (tertiary/aromatic N) is 1. The summed E-state index contributed by atoms with van der Waals surface area (Å²) in [5.74, 6) is 0.0758. The van der Waals surface area contributed by atoms with E-state index >= 15 is 0 Å². The number of aryl methyl sites for hydroxylation is 1. The summed E-state index contributed by atoms with van der Waals surface area (Å²) >= 11 is 0. The SMILES string of the molecule is CCc1ccc(C2CNCCN2C(=O)C(C)OCC2CCCCO2)cc1. The molecule has 3 atom stereocenters. The van der Waals surface area contributed by atoms with Crippen molar-refractivity contribution < 1.29 is 14.3 Å². The van der Waals surface area contributed by atoms with Gasteiger partial charge in [0.1, 0.15) is 6.10 Å². The molecule has 2 saturated heterocycles. The molecule has 1 aromatic carbocycles. The fraction of sp³-hybridized carbons (Fsp3) is 0.667. The third-order valence-electron chi connectivity index (χ3n) is 5.45. The van der Waals surface area contributed by atoms with Crippen LogP contribution in [-0.4, -0.2) is 55.9 Å². The Kier molecular flexibility index (Phi) is 7.06. The third kappa shape index (κ3) is 4.84. The minimum absolute atomic E-state index is 0.0686. The molecule has 0 aromatic heterocycles. The number of hydrogen-bond donors (Lipinski definition) is 1. The van der Waals surface area contributed by atoms with Gasteiger partial charge in [0.15, 0.2) is 0 Å². The first-order valence-corrected chi connectivity index (χ1v) is 10.0. The molecule has 5 heteroatoms. The maximum Gasteiger partial charge on any atom is 0.252 e. The van der Waals surface area contributed by atoms with Crippen molar-refractivity contribution in [3.8, 4) is 0 Å². The zero-order valence-electron chi connectivity index (χ0n) is 16.1. The van der Waals surface area contributed by atoms with E-state index in [1.807, 2.05) is 11.8 Å². The van der Waals surface area contributed by atoms with Crippen molar-refractivity contribution in [2.24, 2.45) is 0 Å². The van der Waals surface area contributed by atoms with E-state index in [1.165, 1.54) is 17.5 Å². The summed E-state index contributed by atoms with van der Waals surface area (Å²) in [6.07, 6.45) is 4.07. The summed E-state index contributed by atoms with van der Waals surface area (Å²) in [6.45, 7) is 7.67. The topological polar surface area (TPSA) is 50.8 Å². The molecule has 2 fully saturated rings. The fourth-order valence-corrected chi connectivity index (χ4v) is 3.74. The molecule has 1 N–H and O–H groups in total. The second-order valence-electron chi connectivity index (χ2n) is 7.31. The van der Waals surface area contributed by atoms with Gasteiger partial charge in [0.25, 0.3) is 5.91 Å². The molecular formula is C21H32N2O3. The lowest BCUT2D eigenvalue weighted by Crippen LogP contribution is -2.51. The zero-order chi connectivity index (χ0) is 18.4. The summed E-state index contributed by atoms with van der Waals surface area (Å²) < 4.78 is 11.6. The Morgan fingerprint density at radius 2 is 2.15 bits per heavy atom. The van der Waals surface area contributed by atoms with Crippen molar-refractivity contribution in [2.75, 3.05) is 32.8 Å². The molecule has 3 rings (SSSR count). The van der Waals surface area contributed by atoms with Gasteiger partial charge in [0.05, 0.1) is 18.8 Å². The number of ether oxygens (including phenoxy) is 2. The highest BCUT2D eigenvalue weighted by molar-refractivity contribution is 5.81. The van der Waals surface area contributed by atoms with E-state index in [9.17, 15) is 4.79 Å². The van der Waals surface area contributed by atoms with Gasteiger partial charge in [0, 0.05) is 26.2 Å². The van der Waals surface area contributed by atoms with Crippen molar-refractivity contribution in [3.63, 3.8) is 0 Å². The van der Waals surface area contributed by atoms with E-state index < -0.39 is 6.10 Å². The molecule has 26 heavy (non-hydrogen) atoms. The van der Waals surface area contributed by atoms with Crippen molar-refractivity contribution >= 4 is 5.91 Å². The molecule has 2 aliphatic rings. The normalized spacial score (nSPS) is 25.1. The molecule has 5 nitrogen and oxygen atoms in total. The first-order valence-electron chi connectivity index (χ1n) is 10.0. The van der Waals surface area contributed by atoms with Crippen LogP contribution in [0.1, 0.15) is 50.3 Å². The average molecular weight is 360 g/mol. The van der Waals surface area contributed by atoms with Crippen LogP contribution in [-0.2, 0) is 20.7 Å². The first-order chi connectivity index (χ1) is 12.7. The van der Waals surface area contributed by atoms with Crippen molar-refractivity contribution in [2.45, 2.75) is 57.8 Å². The van der Waals surface area contributed by atoms with Gasteiger partial charge < -0.3 is 19.7 Å². The molecule has 1 amide bonds. The van der Waals surface area contributed by atoms with E-state index in [2.05, 4.69) is 36.5 Å². The molecular weight excluding hydrogens is 328 g/mol. The number of carbonyl (C=O) groups is 1. The lowest BCUT2D eigenvalue weighted by atomic mass is 10.0. The summed E-state index contributed by atoms with van der Waals surface area (Å²) in [5, 5.41) is 3.41. The highest BCUT2D eigenvalue weighted by Crippen LogP contribution is 2.24. The Morgan fingerprint density at radius 1 is 1.35 bits per heavy atom. The van der Waals surface area contributed by atoms with Gasteiger partial charge in [-0.3, -0.25) is 4.79 Å². The lowest BCUT2D eigenvalue weighted by molar-refractivity contribution is -0.149. The number of benzene rings is 1. The van der Waals surface area contributed by atoms with Crippen LogP contribution >= 0.6 is 0 Å². The summed E-state index contributed by atoms with van der Waals surface area (Å²) in [4.78, 5) is 15.0. The summed E-state index contributed by atoms with van der Waals surface area (Å²) in [5.41, 5.74) is 2.50. The smallest absolute Gasteiger partial charge is 0.252 e. The minimum Gasteiger partial charge on any atom is -0.376 e. The van der Waals surface area contributed by atoms with Gasteiger partial charge in [-0.2, -0.15) is 0 Å². The standard InChI is InChI=1S/C21H32N2O3/c1-3-17-7-9-18(10-8-17)20-14-22-11-12-23(20)21(24)16(2)26-15-19-6-4-5-13-25-19/h7-10,16,19-20,22H,3-6,11-15H2,1-2H3. The molecule has 2 aliphatic heterocycles. The Hall–Kier alpha value is -1.43. The highest BCUT2D eigenvalue weighted by atomic mass is 16.5. The fourth-order valence-electron chi connectivity index (χ4n) is 3.74. The quantitative estimate of drug-likeness (QED) is 0.847. The van der Waals surface area contributed by atoms with Crippen LogP contribution in [0.4, 0.5) is 0 Å². The van der Waals surface area contributed by atoms with E-state index in [0.29, 0.717) is 13.2 Å². The Balaban J connectivity index is 1.60. The molecule has 0 radical (unpaired) electrons. The van der Waals surface area contributed by atoms with Crippen LogP contribution in [0.15, 0.2) is 24.3 Å². The molecule has 144 valence electrons. The maximum absolute atomic E-state index is 13.0. The van der Waals surface area contributed by atoms with Crippen LogP contribution in [0.2, 0.25) is 0 Å². The molecule has 2 heterocycles. The number of nitrogens with one attached hydrogen (secondary N) is 1. The maximum atomic E-state index is 13.0. The average Bonchev–Trinajstić information content (AvgIpc) is 2.72. The molecule has 0 aliphatic carbocycles. The summed E-state index contributed by atoms with van der Waals surface area (Å²) in [7, 11) is 0. The third-order valence-corrected chi connectivity index (χ3v) is 5.45. The zero-order valence-corrected chi connectivity index (χ0v) is 16.1. The van der Waals surface area contributed by atoms with Gasteiger partial charge in [-0.1, -0.05) is 31.2 Å². The predicted molar refractivity (Wildman–Crippen MR) is 102 cm³/mol. The molecule has 1 aromatic rings. The van der Waals surface area contributed by atoms with Gasteiger partial charge in [0.2, 0.25) is 0 Å². The molecule has 0 bridgehead atoms. The number of piperazine rings is 1. The highest BCUT2D eigenvalue weighted by Gasteiger charge is 2.31. The number of hydrogen-bond acceptors (Lipinski definition) is 4. The van der Waals surface area contributed by atoms with Crippen LogP contribution in [0.25, 0.3) is 0 Å². The number of rotatable bonds is 6. The van der Waals surface area contributed by atoms with Crippen molar-refractivity contribution in [3.05, 3.63) is 35.4 Å². The molecule has 0 spiro atoms. The predicted octanol–water partition coefficient (Wildman–Crippen LogP) is 2.70. The second kappa shape index (κ2) is 9.49. The van der Waals surface area contributed by atoms with Gasteiger partial charge >= 0.3 is 0 Å². The van der Waals surface area contributed by atoms with Crippen molar-refractivity contribution in [1.82, 2.24) is 10.2 Å². The van der Waals surface area contributed by atoms with E-state index in [0.717, 1.165) is 39.0 Å². The van der Waals surface area contributed by atoms with Gasteiger partial charge in [-0.15, -0.1) is 0 Å². The van der Waals surface area contributed by atoms with E-state index in [-0.39, 0.29) is 18.1 Å².